The predicted molar refractivity (Wildman–Crippen MR) is 69.7 cm³/mol. The summed E-state index contributed by atoms with van der Waals surface area (Å²) in [5, 5.41) is 1.28. The Labute approximate surface area is 108 Å². The van der Waals surface area contributed by atoms with Crippen molar-refractivity contribution in [3.8, 4) is 0 Å². The topological polar surface area (TPSA) is 15.8 Å². The van der Waals surface area contributed by atoms with Gasteiger partial charge in [0.2, 0.25) is 0 Å². The molecule has 0 amide bonds. The maximum Gasteiger partial charge on any atom is 0.416 e. The van der Waals surface area contributed by atoms with Gasteiger partial charge in [0.25, 0.3) is 0 Å². The van der Waals surface area contributed by atoms with Crippen LogP contribution in [0.4, 0.5) is 13.2 Å². The number of H-pyrrole nitrogens is 1. The van der Waals surface area contributed by atoms with Crippen LogP contribution in [0.1, 0.15) is 5.56 Å². The molecule has 3 aromatic rings. The van der Waals surface area contributed by atoms with Gasteiger partial charge in [-0.2, -0.15) is 13.2 Å². The van der Waals surface area contributed by atoms with Gasteiger partial charge in [0, 0.05) is 11.7 Å². The predicted octanol–water partition coefficient (Wildman–Crippen LogP) is 4.87. The molecule has 3 rings (SSSR count). The molecule has 0 unspecified atom stereocenters. The van der Waals surface area contributed by atoms with Crippen LogP contribution < -0.4 is 0 Å². The monoisotopic (exact) mass is 263 g/mol. The van der Waals surface area contributed by atoms with Crippen molar-refractivity contribution in [3.63, 3.8) is 0 Å². The SMILES string of the molecule is FC(F)(F)c1ccccc1.c1ccc2[nH]ccc2c1. The lowest BCUT2D eigenvalue weighted by Crippen LogP contribution is -2.03. The van der Waals surface area contributed by atoms with Gasteiger partial charge in [-0.15, -0.1) is 0 Å². The summed E-state index contributed by atoms with van der Waals surface area (Å²) in [5.74, 6) is 0. The second kappa shape index (κ2) is 5.61. The molecule has 0 radical (unpaired) electrons. The fourth-order valence-corrected chi connectivity index (χ4v) is 1.62. The lowest BCUT2D eigenvalue weighted by atomic mass is 10.2. The highest BCUT2D eigenvalue weighted by atomic mass is 19.4. The standard InChI is InChI=1S/C8H7N.C7H5F3/c1-2-4-8-7(3-1)5-6-9-8;8-7(9,10)6-4-2-1-3-5-6/h1-6,9H;1-5H. The molecule has 1 heterocycles. The van der Waals surface area contributed by atoms with E-state index in [1.54, 1.807) is 6.07 Å². The third-order valence-corrected chi connectivity index (χ3v) is 2.56. The molecule has 2 aromatic carbocycles. The molecular weight excluding hydrogens is 251 g/mol. The third-order valence-electron chi connectivity index (χ3n) is 2.56. The Hall–Kier alpha value is -2.23. The highest BCUT2D eigenvalue weighted by Gasteiger charge is 2.29. The Balaban J connectivity index is 0.000000141. The first kappa shape index (κ1) is 13.2. The minimum Gasteiger partial charge on any atom is -0.361 e. The number of benzene rings is 2. The first-order valence-corrected chi connectivity index (χ1v) is 5.72. The van der Waals surface area contributed by atoms with Gasteiger partial charge in [-0.25, -0.2) is 0 Å². The van der Waals surface area contributed by atoms with E-state index < -0.39 is 11.7 Å². The third kappa shape index (κ3) is 3.61. The van der Waals surface area contributed by atoms with Crippen molar-refractivity contribution >= 4 is 10.9 Å². The van der Waals surface area contributed by atoms with Gasteiger partial charge in [0.05, 0.1) is 5.56 Å². The lowest BCUT2D eigenvalue weighted by molar-refractivity contribution is -0.137. The molecule has 0 fully saturated rings. The second-order valence-electron chi connectivity index (χ2n) is 3.93. The van der Waals surface area contributed by atoms with Gasteiger partial charge in [0.1, 0.15) is 0 Å². The maximum atomic E-state index is 11.8. The van der Waals surface area contributed by atoms with E-state index >= 15 is 0 Å². The molecule has 1 N–H and O–H groups in total. The minimum atomic E-state index is -4.21. The number of hydrogen-bond donors (Lipinski definition) is 1. The highest BCUT2D eigenvalue weighted by molar-refractivity contribution is 5.78. The number of fused-ring (bicyclic) bond motifs is 1. The lowest BCUT2D eigenvalue weighted by Gasteiger charge is -2.03. The van der Waals surface area contributed by atoms with Gasteiger partial charge in [0.15, 0.2) is 0 Å². The van der Waals surface area contributed by atoms with Crippen LogP contribution in [0.2, 0.25) is 0 Å². The normalized spacial score (nSPS) is 10.9. The van der Waals surface area contributed by atoms with Crippen molar-refractivity contribution in [2.24, 2.45) is 0 Å². The molecule has 0 saturated heterocycles. The molecule has 0 atom stereocenters. The van der Waals surface area contributed by atoms with Gasteiger partial charge in [-0.3, -0.25) is 0 Å². The summed E-state index contributed by atoms with van der Waals surface area (Å²) in [6.07, 6.45) is -2.26. The highest BCUT2D eigenvalue weighted by Crippen LogP contribution is 2.28. The number of nitrogens with one attached hydrogen (secondary N) is 1. The molecule has 0 aliphatic rings. The van der Waals surface area contributed by atoms with Crippen LogP contribution in [0, 0.1) is 0 Å². The zero-order chi connectivity index (χ0) is 13.7. The van der Waals surface area contributed by atoms with Crippen LogP contribution in [0.5, 0.6) is 0 Å². The van der Waals surface area contributed by atoms with E-state index in [1.165, 1.54) is 23.0 Å². The Bertz CT molecular complexity index is 596. The molecule has 4 heteroatoms. The Morgan fingerprint density at radius 3 is 1.95 bits per heavy atom. The summed E-state index contributed by atoms with van der Waals surface area (Å²) in [4.78, 5) is 3.12. The molecule has 19 heavy (non-hydrogen) atoms. The first-order chi connectivity index (χ1) is 9.07. The summed E-state index contributed by atoms with van der Waals surface area (Å²) in [6.45, 7) is 0. The fourth-order valence-electron chi connectivity index (χ4n) is 1.62. The maximum absolute atomic E-state index is 11.8. The zero-order valence-corrected chi connectivity index (χ0v) is 9.98. The van der Waals surface area contributed by atoms with Crippen LogP contribution in [0.3, 0.4) is 0 Å². The number of aromatic nitrogens is 1. The smallest absolute Gasteiger partial charge is 0.361 e. The van der Waals surface area contributed by atoms with Crippen molar-refractivity contribution in [1.29, 1.82) is 0 Å². The van der Waals surface area contributed by atoms with Crippen molar-refractivity contribution in [3.05, 3.63) is 72.4 Å². The van der Waals surface area contributed by atoms with Gasteiger partial charge in [-0.1, -0.05) is 48.5 Å². The minimum absolute atomic E-state index is 0.602. The van der Waals surface area contributed by atoms with Crippen LogP contribution in [-0.4, -0.2) is 4.98 Å². The largest absolute Gasteiger partial charge is 0.416 e. The van der Waals surface area contributed by atoms with E-state index in [-0.39, 0.29) is 0 Å². The Kier molecular flexibility index (Phi) is 3.90. The van der Waals surface area contributed by atoms with E-state index in [0.29, 0.717) is 0 Å². The van der Waals surface area contributed by atoms with E-state index in [0.717, 1.165) is 12.1 Å². The fraction of sp³-hybridized carbons (Fsp3) is 0.0667. The first-order valence-electron chi connectivity index (χ1n) is 5.72. The number of hydrogen-bond acceptors (Lipinski definition) is 0. The Morgan fingerprint density at radius 1 is 0.737 bits per heavy atom. The van der Waals surface area contributed by atoms with Crippen LogP contribution in [0.25, 0.3) is 10.9 Å². The molecule has 1 aromatic heterocycles. The van der Waals surface area contributed by atoms with E-state index in [2.05, 4.69) is 23.2 Å². The van der Waals surface area contributed by atoms with Crippen LogP contribution >= 0.6 is 0 Å². The molecule has 0 saturated carbocycles. The van der Waals surface area contributed by atoms with Gasteiger partial charge < -0.3 is 4.98 Å². The van der Waals surface area contributed by atoms with Crippen LogP contribution in [0.15, 0.2) is 66.9 Å². The average molecular weight is 263 g/mol. The van der Waals surface area contributed by atoms with Crippen molar-refractivity contribution in [2.45, 2.75) is 6.18 Å². The quantitative estimate of drug-likeness (QED) is 0.595. The van der Waals surface area contributed by atoms with Crippen molar-refractivity contribution in [2.75, 3.05) is 0 Å². The molecule has 1 nitrogen and oxygen atoms in total. The van der Waals surface area contributed by atoms with Crippen LogP contribution in [-0.2, 0) is 6.18 Å². The Morgan fingerprint density at radius 2 is 1.37 bits per heavy atom. The molecule has 98 valence electrons. The van der Waals surface area contributed by atoms with Crippen molar-refractivity contribution < 1.29 is 13.2 Å². The molecule has 0 spiro atoms. The molecule has 0 aliphatic heterocycles. The van der Waals surface area contributed by atoms with E-state index in [1.807, 2.05) is 18.3 Å². The molecular formula is C15H12F3N. The molecule has 0 bridgehead atoms. The summed E-state index contributed by atoms with van der Waals surface area (Å²) in [5.41, 5.74) is 0.604. The van der Waals surface area contributed by atoms with Gasteiger partial charge >= 0.3 is 6.18 Å². The average Bonchev–Trinajstić information content (AvgIpc) is 2.88. The summed E-state index contributed by atoms with van der Waals surface area (Å²) < 4.78 is 35.4. The van der Waals surface area contributed by atoms with E-state index in [9.17, 15) is 13.2 Å². The van der Waals surface area contributed by atoms with Crippen molar-refractivity contribution in [1.82, 2.24) is 4.98 Å². The number of para-hydroxylation sites is 1. The number of halogens is 3. The zero-order valence-electron chi connectivity index (χ0n) is 9.98. The summed E-state index contributed by atoms with van der Waals surface area (Å²) >= 11 is 0. The number of rotatable bonds is 0. The van der Waals surface area contributed by atoms with Gasteiger partial charge in [-0.05, 0) is 17.5 Å². The second-order valence-corrected chi connectivity index (χ2v) is 3.93. The number of aromatic amines is 1. The summed E-state index contributed by atoms with van der Waals surface area (Å²) in [7, 11) is 0. The molecule has 0 aliphatic carbocycles. The summed E-state index contributed by atoms with van der Waals surface area (Å²) in [6, 6.07) is 16.6. The number of alkyl halides is 3. The van der Waals surface area contributed by atoms with E-state index in [4.69, 9.17) is 0 Å².